The largest absolute Gasteiger partial charge is 1.00 e. The summed E-state index contributed by atoms with van der Waals surface area (Å²) in [6.07, 6.45) is 2.06. The van der Waals surface area contributed by atoms with Crippen LogP contribution in [0.15, 0.2) is 29.2 Å². The Morgan fingerprint density at radius 3 is 2.67 bits per heavy atom. The van der Waals surface area contributed by atoms with Crippen molar-refractivity contribution >= 4 is 11.8 Å². The molecule has 0 fully saturated rings. The summed E-state index contributed by atoms with van der Waals surface area (Å²) in [5.41, 5.74) is 0. The smallest absolute Gasteiger partial charge is 0.199 e. The van der Waals surface area contributed by atoms with Crippen molar-refractivity contribution in [3.63, 3.8) is 0 Å². The molecule has 0 amide bonds. The zero-order valence-corrected chi connectivity index (χ0v) is 6.53. The molecule has 0 aliphatic carbocycles. The van der Waals surface area contributed by atoms with Gasteiger partial charge in [0.15, 0.2) is 0 Å². The van der Waals surface area contributed by atoms with Crippen molar-refractivity contribution in [3.8, 4) is 0 Å². The van der Waals surface area contributed by atoms with E-state index in [-0.39, 0.29) is 18.9 Å². The maximum Gasteiger partial charge on any atom is 1.00 e. The van der Waals surface area contributed by atoms with Crippen LogP contribution in [0.25, 0.3) is 0 Å². The third-order valence-corrected chi connectivity index (χ3v) is 1.64. The molecule has 1 rings (SSSR count). The van der Waals surface area contributed by atoms with Crippen LogP contribution >= 0.6 is 11.8 Å². The molecule has 0 N–H and O–H groups in total. The Morgan fingerprint density at radius 1 is 1.56 bits per heavy atom. The van der Waals surface area contributed by atoms with Gasteiger partial charge < -0.3 is 0 Å². The first-order valence-electron chi connectivity index (χ1n) is 2.43. The second kappa shape index (κ2) is 4.99. The molecule has 0 saturated heterocycles. The average Bonchev–Trinajstić information content (AvgIpc) is 1.90. The van der Waals surface area contributed by atoms with Gasteiger partial charge in [-0.2, -0.15) is 42.1 Å². The topological polar surface area (TPSA) is 0 Å². The van der Waals surface area contributed by atoms with Crippen LogP contribution in [0, 0.1) is 6.07 Å². The monoisotopic (exact) mass is 130 g/mol. The van der Waals surface area contributed by atoms with Gasteiger partial charge in [0.05, 0.1) is 0 Å². The number of hydrogen-bond donors (Lipinski definition) is 0. The molecule has 2 heteroatoms. The summed E-state index contributed by atoms with van der Waals surface area (Å²) >= 11 is 1.74. The van der Waals surface area contributed by atoms with Gasteiger partial charge in [-0.05, 0) is 6.26 Å². The molecular weight excluding hydrogens is 123 g/mol. The van der Waals surface area contributed by atoms with Crippen LogP contribution in [-0.4, -0.2) is 6.26 Å². The molecule has 0 atom stereocenters. The van der Waals surface area contributed by atoms with Crippen molar-refractivity contribution in [1.29, 1.82) is 0 Å². The van der Waals surface area contributed by atoms with Gasteiger partial charge in [0.1, 0.15) is 0 Å². The van der Waals surface area contributed by atoms with Crippen molar-refractivity contribution < 1.29 is 18.9 Å². The van der Waals surface area contributed by atoms with Gasteiger partial charge in [0, 0.05) is 0 Å². The van der Waals surface area contributed by atoms with Crippen LogP contribution < -0.4 is 18.9 Å². The molecule has 0 aliphatic rings. The molecule has 0 nitrogen and oxygen atoms in total. The number of rotatable bonds is 1. The van der Waals surface area contributed by atoms with E-state index in [2.05, 4.69) is 18.4 Å². The zero-order valence-electron chi connectivity index (χ0n) is 5.72. The van der Waals surface area contributed by atoms with Gasteiger partial charge in [0.2, 0.25) is 0 Å². The van der Waals surface area contributed by atoms with Crippen molar-refractivity contribution in [2.24, 2.45) is 0 Å². The molecule has 9 heavy (non-hydrogen) atoms. The van der Waals surface area contributed by atoms with Crippen molar-refractivity contribution in [2.75, 3.05) is 6.26 Å². The molecule has 1 aromatic carbocycles. The van der Waals surface area contributed by atoms with Gasteiger partial charge >= 0.3 is 18.9 Å². The SMILES string of the molecule is CSc1c[c-]ccc1.[Li+]. The van der Waals surface area contributed by atoms with Crippen LogP contribution in [0.2, 0.25) is 0 Å². The van der Waals surface area contributed by atoms with Crippen LogP contribution in [-0.2, 0) is 0 Å². The first kappa shape index (κ1) is 9.17. The summed E-state index contributed by atoms with van der Waals surface area (Å²) in [5.74, 6) is 0. The third-order valence-electron chi connectivity index (χ3n) is 0.914. The molecule has 0 unspecified atom stereocenters. The summed E-state index contributed by atoms with van der Waals surface area (Å²) in [5, 5.41) is 0. The first-order chi connectivity index (χ1) is 3.93. The third kappa shape index (κ3) is 3.01. The number of hydrogen-bond acceptors (Lipinski definition) is 1. The molecule has 0 aromatic heterocycles. The van der Waals surface area contributed by atoms with Crippen molar-refractivity contribution in [2.45, 2.75) is 4.90 Å². The summed E-state index contributed by atoms with van der Waals surface area (Å²) in [4.78, 5) is 1.27. The minimum Gasteiger partial charge on any atom is -0.199 e. The van der Waals surface area contributed by atoms with Crippen LogP contribution in [0.4, 0.5) is 0 Å². The van der Waals surface area contributed by atoms with E-state index < -0.39 is 0 Å². The Balaban J connectivity index is 0.000000640. The molecule has 0 aliphatic heterocycles. The fourth-order valence-corrected chi connectivity index (χ4v) is 0.904. The predicted octanol–water partition coefficient (Wildman–Crippen LogP) is -0.787. The molecule has 0 spiro atoms. The van der Waals surface area contributed by atoms with Crippen molar-refractivity contribution in [3.05, 3.63) is 30.3 Å². The van der Waals surface area contributed by atoms with Gasteiger partial charge in [0.25, 0.3) is 0 Å². The Labute approximate surface area is 72.2 Å². The molecule has 42 valence electrons. The Morgan fingerprint density at radius 2 is 2.33 bits per heavy atom. The zero-order chi connectivity index (χ0) is 5.82. The average molecular weight is 130 g/mol. The molecule has 0 bridgehead atoms. The number of benzene rings is 1. The Bertz CT molecular complexity index is 150. The summed E-state index contributed by atoms with van der Waals surface area (Å²) in [6.45, 7) is 0. The van der Waals surface area contributed by atoms with Crippen LogP contribution in [0.1, 0.15) is 0 Å². The normalized spacial score (nSPS) is 8.11. The van der Waals surface area contributed by atoms with E-state index >= 15 is 0 Å². The van der Waals surface area contributed by atoms with Gasteiger partial charge in [-0.3, -0.25) is 0 Å². The summed E-state index contributed by atoms with van der Waals surface area (Å²) < 4.78 is 0. The summed E-state index contributed by atoms with van der Waals surface area (Å²) in [7, 11) is 0. The van der Waals surface area contributed by atoms with E-state index in [1.807, 2.05) is 18.2 Å². The quantitative estimate of drug-likeness (QED) is 0.273. The fourth-order valence-electron chi connectivity index (χ4n) is 0.504. The summed E-state index contributed by atoms with van der Waals surface area (Å²) in [6, 6.07) is 10.9. The molecule has 0 radical (unpaired) electrons. The van der Waals surface area contributed by atoms with E-state index in [4.69, 9.17) is 0 Å². The molecule has 0 saturated carbocycles. The standard InChI is InChI=1S/C7H7S.Li/c1-8-7-5-3-2-4-6-7;/h2-3,5-6H,1H3;/q-1;+1. The Kier molecular flexibility index (Phi) is 5.09. The molecule has 0 heterocycles. The second-order valence-electron chi connectivity index (χ2n) is 1.44. The molecule has 1 aromatic rings. The van der Waals surface area contributed by atoms with Gasteiger partial charge in [-0.15, -0.1) is 4.90 Å². The van der Waals surface area contributed by atoms with E-state index in [1.54, 1.807) is 11.8 Å². The van der Waals surface area contributed by atoms with Gasteiger partial charge in [-0.1, -0.05) is 0 Å². The minimum atomic E-state index is 0. The first-order valence-corrected chi connectivity index (χ1v) is 3.66. The van der Waals surface area contributed by atoms with Crippen LogP contribution in [0.5, 0.6) is 0 Å². The van der Waals surface area contributed by atoms with E-state index in [0.717, 1.165) is 0 Å². The second-order valence-corrected chi connectivity index (χ2v) is 2.32. The van der Waals surface area contributed by atoms with E-state index in [0.29, 0.717) is 0 Å². The van der Waals surface area contributed by atoms with E-state index in [1.165, 1.54) is 4.90 Å². The predicted molar refractivity (Wildman–Crippen MR) is 37.1 cm³/mol. The van der Waals surface area contributed by atoms with E-state index in [9.17, 15) is 0 Å². The minimum absolute atomic E-state index is 0. The van der Waals surface area contributed by atoms with Crippen LogP contribution in [0.3, 0.4) is 0 Å². The van der Waals surface area contributed by atoms with Crippen molar-refractivity contribution in [1.82, 2.24) is 0 Å². The molecular formula is C7H7LiS. The maximum absolute atomic E-state index is 2.99. The number of thioether (sulfide) groups is 1. The maximum atomic E-state index is 2.99. The van der Waals surface area contributed by atoms with Gasteiger partial charge in [-0.25, -0.2) is 0 Å². The fraction of sp³-hybridized carbons (Fsp3) is 0.143. The Hall–Kier alpha value is 0.167.